The second-order valence-corrected chi connectivity index (χ2v) is 1.93. The van der Waals surface area contributed by atoms with E-state index < -0.39 is 0 Å². The highest BCUT2D eigenvalue weighted by molar-refractivity contribution is 7.80. The summed E-state index contributed by atoms with van der Waals surface area (Å²) in [4.78, 5) is 0. The van der Waals surface area contributed by atoms with E-state index in [4.69, 9.17) is 0 Å². The van der Waals surface area contributed by atoms with Gasteiger partial charge in [0.25, 0.3) is 0 Å². The Kier molecular flexibility index (Phi) is 5.43. The molecule has 0 fully saturated rings. The predicted molar refractivity (Wildman–Crippen MR) is 46.9 cm³/mol. The maximum absolute atomic E-state index is 4.11. The van der Waals surface area contributed by atoms with Crippen LogP contribution in [-0.2, 0) is 0 Å². The summed E-state index contributed by atoms with van der Waals surface area (Å²) in [7, 11) is 0. The van der Waals surface area contributed by atoms with E-state index in [0.29, 0.717) is 0 Å². The summed E-state index contributed by atoms with van der Waals surface area (Å²) in [5, 5.41) is 0. The van der Waals surface area contributed by atoms with E-state index in [1.807, 2.05) is 25.2 Å². The first kappa shape index (κ1) is 8.57. The molecular formula is C8H12S. The highest BCUT2D eigenvalue weighted by atomic mass is 32.1. The van der Waals surface area contributed by atoms with E-state index in [1.54, 1.807) is 6.08 Å². The molecule has 0 aromatic rings. The fourth-order valence-corrected chi connectivity index (χ4v) is 0.720. The zero-order valence-electron chi connectivity index (χ0n) is 5.67. The van der Waals surface area contributed by atoms with Gasteiger partial charge in [-0.1, -0.05) is 30.9 Å². The van der Waals surface area contributed by atoms with Crippen molar-refractivity contribution in [1.82, 2.24) is 0 Å². The van der Waals surface area contributed by atoms with Crippen molar-refractivity contribution in [3.8, 4) is 0 Å². The van der Waals surface area contributed by atoms with Gasteiger partial charge in [0.2, 0.25) is 0 Å². The molecule has 0 radical (unpaired) electrons. The van der Waals surface area contributed by atoms with Gasteiger partial charge in [-0.3, -0.25) is 0 Å². The summed E-state index contributed by atoms with van der Waals surface area (Å²) in [6, 6.07) is 0. The summed E-state index contributed by atoms with van der Waals surface area (Å²) >= 11 is 4.11. The van der Waals surface area contributed by atoms with Crippen LogP contribution in [0.3, 0.4) is 0 Å². The third-order valence-electron chi connectivity index (χ3n) is 1.000. The number of hydrogen-bond acceptors (Lipinski definition) is 1. The standard InChI is InChI=1S/C8H12S/c1-3-5-6-8(4-2)7-9/h3-6,9H,1,7H2,2H3/b6-5-,8-4+. The smallest absolute Gasteiger partial charge is 0.0151 e. The summed E-state index contributed by atoms with van der Waals surface area (Å²) in [5.41, 5.74) is 1.22. The van der Waals surface area contributed by atoms with Crippen molar-refractivity contribution in [2.75, 3.05) is 5.75 Å². The van der Waals surface area contributed by atoms with Crippen LogP contribution in [0.1, 0.15) is 6.92 Å². The van der Waals surface area contributed by atoms with Gasteiger partial charge in [0.1, 0.15) is 0 Å². The van der Waals surface area contributed by atoms with E-state index >= 15 is 0 Å². The zero-order valence-corrected chi connectivity index (χ0v) is 6.57. The molecule has 0 aromatic carbocycles. The first-order valence-electron chi connectivity index (χ1n) is 2.90. The molecule has 50 valence electrons. The minimum absolute atomic E-state index is 0.792. The predicted octanol–water partition coefficient (Wildman–Crippen LogP) is 2.60. The molecule has 0 N–H and O–H groups in total. The van der Waals surface area contributed by atoms with Gasteiger partial charge in [0.05, 0.1) is 0 Å². The van der Waals surface area contributed by atoms with Gasteiger partial charge in [0, 0.05) is 5.75 Å². The van der Waals surface area contributed by atoms with Crippen molar-refractivity contribution in [3.05, 3.63) is 36.5 Å². The Morgan fingerprint density at radius 3 is 2.67 bits per heavy atom. The van der Waals surface area contributed by atoms with Gasteiger partial charge in [-0.15, -0.1) is 0 Å². The van der Waals surface area contributed by atoms with Crippen molar-refractivity contribution in [1.29, 1.82) is 0 Å². The van der Waals surface area contributed by atoms with Crippen molar-refractivity contribution < 1.29 is 0 Å². The molecule has 0 spiro atoms. The van der Waals surface area contributed by atoms with E-state index in [0.717, 1.165) is 5.75 Å². The Hall–Kier alpha value is -0.430. The average molecular weight is 140 g/mol. The molecular weight excluding hydrogens is 128 g/mol. The molecule has 1 heteroatoms. The SMILES string of the molecule is C=C/C=C\C(=C/C)CS. The third kappa shape index (κ3) is 4.10. The van der Waals surface area contributed by atoms with Crippen molar-refractivity contribution in [3.63, 3.8) is 0 Å². The lowest BCUT2D eigenvalue weighted by Crippen LogP contribution is -1.75. The van der Waals surface area contributed by atoms with Crippen LogP contribution in [0.5, 0.6) is 0 Å². The van der Waals surface area contributed by atoms with Crippen LogP contribution in [0.25, 0.3) is 0 Å². The van der Waals surface area contributed by atoms with Gasteiger partial charge in [-0.2, -0.15) is 12.6 Å². The number of rotatable bonds is 3. The number of allylic oxidation sites excluding steroid dienone is 4. The molecule has 9 heavy (non-hydrogen) atoms. The molecule has 0 unspecified atom stereocenters. The number of thiol groups is 1. The van der Waals surface area contributed by atoms with E-state index in [1.165, 1.54) is 5.57 Å². The van der Waals surface area contributed by atoms with E-state index in [-0.39, 0.29) is 0 Å². The minimum atomic E-state index is 0.792. The van der Waals surface area contributed by atoms with Crippen LogP contribution in [0.4, 0.5) is 0 Å². The lowest BCUT2D eigenvalue weighted by Gasteiger charge is -1.89. The molecule has 0 saturated carbocycles. The van der Waals surface area contributed by atoms with Crippen LogP contribution < -0.4 is 0 Å². The number of hydrogen-bond donors (Lipinski definition) is 1. The summed E-state index contributed by atoms with van der Waals surface area (Å²) in [5.74, 6) is 0.792. The largest absolute Gasteiger partial charge is 0.175 e. The molecule has 0 amide bonds. The Bertz CT molecular complexity index is 132. The van der Waals surface area contributed by atoms with Crippen LogP contribution in [0, 0.1) is 0 Å². The van der Waals surface area contributed by atoms with Crippen molar-refractivity contribution in [2.45, 2.75) is 6.92 Å². The molecule has 0 rings (SSSR count). The van der Waals surface area contributed by atoms with E-state index in [2.05, 4.69) is 19.2 Å². The molecule has 0 bridgehead atoms. The quantitative estimate of drug-likeness (QED) is 0.452. The van der Waals surface area contributed by atoms with Crippen LogP contribution in [0.2, 0.25) is 0 Å². The van der Waals surface area contributed by atoms with Gasteiger partial charge in [-0.05, 0) is 12.5 Å². The Labute approximate surface area is 62.4 Å². The second kappa shape index (κ2) is 5.70. The Morgan fingerprint density at radius 1 is 1.67 bits per heavy atom. The van der Waals surface area contributed by atoms with Gasteiger partial charge < -0.3 is 0 Å². The zero-order chi connectivity index (χ0) is 7.11. The molecule has 0 saturated heterocycles. The Morgan fingerprint density at radius 2 is 2.33 bits per heavy atom. The molecule has 0 nitrogen and oxygen atoms in total. The molecule has 0 atom stereocenters. The average Bonchev–Trinajstić information content (AvgIpc) is 1.91. The van der Waals surface area contributed by atoms with Crippen LogP contribution >= 0.6 is 12.6 Å². The minimum Gasteiger partial charge on any atom is -0.175 e. The maximum atomic E-state index is 4.11. The van der Waals surface area contributed by atoms with Gasteiger partial charge in [0.15, 0.2) is 0 Å². The highest BCUT2D eigenvalue weighted by Crippen LogP contribution is 1.98. The monoisotopic (exact) mass is 140 g/mol. The lowest BCUT2D eigenvalue weighted by molar-refractivity contribution is 1.50. The molecule has 0 aliphatic carbocycles. The Balaban J connectivity index is 3.84. The normalized spacial score (nSPS) is 12.4. The highest BCUT2D eigenvalue weighted by Gasteiger charge is 1.80. The summed E-state index contributed by atoms with van der Waals surface area (Å²) < 4.78 is 0. The second-order valence-electron chi connectivity index (χ2n) is 1.62. The first-order valence-corrected chi connectivity index (χ1v) is 3.53. The molecule has 0 aromatic heterocycles. The summed E-state index contributed by atoms with van der Waals surface area (Å²) in [6.45, 7) is 5.56. The molecule has 0 heterocycles. The molecule has 0 aliphatic heterocycles. The van der Waals surface area contributed by atoms with E-state index in [9.17, 15) is 0 Å². The third-order valence-corrected chi connectivity index (χ3v) is 1.36. The summed E-state index contributed by atoms with van der Waals surface area (Å²) in [6.07, 6.45) is 7.70. The van der Waals surface area contributed by atoms with Gasteiger partial charge in [-0.25, -0.2) is 0 Å². The van der Waals surface area contributed by atoms with Crippen molar-refractivity contribution in [2.24, 2.45) is 0 Å². The van der Waals surface area contributed by atoms with Crippen LogP contribution in [-0.4, -0.2) is 5.75 Å². The van der Waals surface area contributed by atoms with Crippen molar-refractivity contribution >= 4 is 12.6 Å². The lowest BCUT2D eigenvalue weighted by atomic mass is 10.2. The fraction of sp³-hybridized carbons (Fsp3) is 0.250. The fourth-order valence-electron chi connectivity index (χ4n) is 0.432. The first-order chi connectivity index (χ1) is 4.35. The molecule has 0 aliphatic rings. The van der Waals surface area contributed by atoms with Crippen LogP contribution in [0.15, 0.2) is 36.5 Å². The topological polar surface area (TPSA) is 0 Å². The maximum Gasteiger partial charge on any atom is 0.0151 e. The van der Waals surface area contributed by atoms with Gasteiger partial charge >= 0.3 is 0 Å².